The van der Waals surface area contributed by atoms with E-state index in [1.807, 2.05) is 7.05 Å². The molecular formula is C10H17N3O2. The molecule has 1 aliphatic carbocycles. The minimum Gasteiger partial charge on any atom is -0.377 e. The minimum absolute atomic E-state index is 0.369. The lowest BCUT2D eigenvalue weighted by atomic mass is 10.0. The molecule has 0 aromatic carbocycles. The van der Waals surface area contributed by atoms with E-state index in [9.17, 15) is 0 Å². The molecule has 5 heteroatoms. The molecule has 1 aliphatic rings. The summed E-state index contributed by atoms with van der Waals surface area (Å²) in [5.74, 6) is 1.75. The van der Waals surface area contributed by atoms with E-state index >= 15 is 0 Å². The van der Waals surface area contributed by atoms with Gasteiger partial charge < -0.3 is 14.6 Å². The van der Waals surface area contributed by atoms with Crippen LogP contribution in [0.1, 0.15) is 36.9 Å². The maximum atomic E-state index is 5.25. The predicted octanol–water partition coefficient (Wildman–Crippen LogP) is 1.07. The second-order valence-corrected chi connectivity index (χ2v) is 3.91. The number of nitrogens with one attached hydrogen (secondary N) is 1. The molecule has 1 N–H and O–H groups in total. The monoisotopic (exact) mass is 211 g/mol. The summed E-state index contributed by atoms with van der Waals surface area (Å²) in [6, 6.07) is 0.473. The smallest absolute Gasteiger partial charge is 0.231 e. The predicted molar refractivity (Wildman–Crippen MR) is 54.5 cm³/mol. The SMILES string of the molecule is CNC1CCCC1c1nc(COC)no1. The van der Waals surface area contributed by atoms with Gasteiger partial charge in [-0.1, -0.05) is 11.6 Å². The van der Waals surface area contributed by atoms with E-state index in [0.717, 1.165) is 12.3 Å². The molecule has 2 atom stereocenters. The summed E-state index contributed by atoms with van der Waals surface area (Å²) in [4.78, 5) is 4.34. The Hall–Kier alpha value is -0.940. The summed E-state index contributed by atoms with van der Waals surface area (Å²) in [7, 11) is 3.61. The standard InChI is InChI=1S/C10H17N3O2/c1-11-8-5-3-4-7(8)10-12-9(6-14-2)13-15-10/h7-8,11H,3-6H2,1-2H3. The third-order valence-electron chi connectivity index (χ3n) is 2.96. The van der Waals surface area contributed by atoms with Crippen LogP contribution in [0.2, 0.25) is 0 Å². The highest BCUT2D eigenvalue weighted by atomic mass is 16.5. The first-order chi connectivity index (χ1) is 7.35. The summed E-state index contributed by atoms with van der Waals surface area (Å²) in [5, 5.41) is 7.18. The molecule has 2 unspecified atom stereocenters. The molecule has 15 heavy (non-hydrogen) atoms. The normalized spacial score (nSPS) is 26.0. The molecule has 0 bridgehead atoms. The summed E-state index contributed by atoms with van der Waals surface area (Å²) in [5.41, 5.74) is 0. The highest BCUT2D eigenvalue weighted by molar-refractivity contribution is 5.02. The van der Waals surface area contributed by atoms with Crippen molar-refractivity contribution < 1.29 is 9.26 Å². The number of hydrogen-bond acceptors (Lipinski definition) is 5. The van der Waals surface area contributed by atoms with Gasteiger partial charge in [0.1, 0.15) is 6.61 Å². The first kappa shape index (κ1) is 10.6. The third kappa shape index (κ3) is 2.18. The number of methoxy groups -OCH3 is 1. The van der Waals surface area contributed by atoms with Crippen LogP contribution in [0.5, 0.6) is 0 Å². The van der Waals surface area contributed by atoms with E-state index in [1.165, 1.54) is 12.8 Å². The van der Waals surface area contributed by atoms with Crippen molar-refractivity contribution in [3.63, 3.8) is 0 Å². The molecule has 0 radical (unpaired) electrons. The van der Waals surface area contributed by atoms with Gasteiger partial charge in [0.05, 0.1) is 5.92 Å². The number of ether oxygens (including phenoxy) is 1. The van der Waals surface area contributed by atoms with E-state index in [4.69, 9.17) is 9.26 Å². The Morgan fingerprint density at radius 3 is 3.13 bits per heavy atom. The highest BCUT2D eigenvalue weighted by Crippen LogP contribution is 2.33. The van der Waals surface area contributed by atoms with Crippen molar-refractivity contribution in [1.82, 2.24) is 15.5 Å². The zero-order valence-corrected chi connectivity index (χ0v) is 9.19. The number of rotatable bonds is 4. The fourth-order valence-corrected chi connectivity index (χ4v) is 2.21. The molecule has 0 saturated heterocycles. The Kier molecular flexibility index (Phi) is 3.33. The lowest BCUT2D eigenvalue weighted by Crippen LogP contribution is -2.27. The van der Waals surface area contributed by atoms with Crippen LogP contribution in [0.25, 0.3) is 0 Å². The largest absolute Gasteiger partial charge is 0.377 e. The maximum Gasteiger partial charge on any atom is 0.231 e. The average molecular weight is 211 g/mol. The van der Waals surface area contributed by atoms with Crippen LogP contribution < -0.4 is 5.32 Å². The zero-order chi connectivity index (χ0) is 10.7. The molecule has 0 spiro atoms. The average Bonchev–Trinajstić information content (AvgIpc) is 2.84. The molecule has 2 rings (SSSR count). The topological polar surface area (TPSA) is 60.2 Å². The van der Waals surface area contributed by atoms with Crippen LogP contribution in [0.3, 0.4) is 0 Å². The molecule has 0 amide bonds. The van der Waals surface area contributed by atoms with Gasteiger partial charge in [-0.15, -0.1) is 0 Å². The highest BCUT2D eigenvalue weighted by Gasteiger charge is 2.31. The third-order valence-corrected chi connectivity index (χ3v) is 2.96. The summed E-state index contributed by atoms with van der Waals surface area (Å²) >= 11 is 0. The summed E-state index contributed by atoms with van der Waals surface area (Å²) in [6.07, 6.45) is 3.53. The van der Waals surface area contributed by atoms with Crippen LogP contribution in [0, 0.1) is 0 Å². The second-order valence-electron chi connectivity index (χ2n) is 3.91. The van der Waals surface area contributed by atoms with E-state index in [1.54, 1.807) is 7.11 Å². The fraction of sp³-hybridized carbons (Fsp3) is 0.800. The van der Waals surface area contributed by atoms with Crippen molar-refractivity contribution >= 4 is 0 Å². The first-order valence-electron chi connectivity index (χ1n) is 5.34. The van der Waals surface area contributed by atoms with E-state index in [-0.39, 0.29) is 0 Å². The number of likely N-dealkylation sites (N-methyl/N-ethyl adjacent to an activating group) is 1. The van der Waals surface area contributed by atoms with Crippen LogP contribution in [-0.2, 0) is 11.3 Å². The molecule has 1 aromatic rings. The van der Waals surface area contributed by atoms with Gasteiger partial charge in [0.25, 0.3) is 0 Å². The van der Waals surface area contributed by atoms with Crippen molar-refractivity contribution in [3.05, 3.63) is 11.7 Å². The Morgan fingerprint density at radius 2 is 2.40 bits per heavy atom. The van der Waals surface area contributed by atoms with Crippen molar-refractivity contribution in [2.24, 2.45) is 0 Å². The summed E-state index contributed by atoms with van der Waals surface area (Å²) < 4.78 is 10.2. The zero-order valence-electron chi connectivity index (χ0n) is 9.19. The van der Waals surface area contributed by atoms with Gasteiger partial charge in [-0.25, -0.2) is 0 Å². The van der Waals surface area contributed by atoms with Crippen LogP contribution in [0.15, 0.2) is 4.52 Å². The Balaban J connectivity index is 2.07. The maximum absolute atomic E-state index is 5.25. The van der Waals surface area contributed by atoms with Gasteiger partial charge in [-0.3, -0.25) is 0 Å². The van der Waals surface area contributed by atoms with E-state index in [2.05, 4.69) is 15.5 Å². The van der Waals surface area contributed by atoms with Gasteiger partial charge in [-0.2, -0.15) is 4.98 Å². The Labute approximate surface area is 89.2 Å². The quantitative estimate of drug-likeness (QED) is 0.807. The van der Waals surface area contributed by atoms with Crippen molar-refractivity contribution in [2.45, 2.75) is 37.8 Å². The lowest BCUT2D eigenvalue weighted by molar-refractivity contribution is 0.174. The lowest BCUT2D eigenvalue weighted by Gasteiger charge is -2.14. The second kappa shape index (κ2) is 4.72. The van der Waals surface area contributed by atoms with Gasteiger partial charge >= 0.3 is 0 Å². The Bertz CT molecular complexity index is 313. The minimum atomic E-state index is 0.369. The number of hydrogen-bond donors (Lipinski definition) is 1. The van der Waals surface area contributed by atoms with Crippen LogP contribution in [0.4, 0.5) is 0 Å². The van der Waals surface area contributed by atoms with Gasteiger partial charge in [0, 0.05) is 13.2 Å². The molecule has 5 nitrogen and oxygen atoms in total. The van der Waals surface area contributed by atoms with Crippen molar-refractivity contribution in [1.29, 1.82) is 0 Å². The number of nitrogens with zero attached hydrogens (tertiary/aromatic N) is 2. The molecular weight excluding hydrogens is 194 g/mol. The molecule has 0 aliphatic heterocycles. The molecule has 1 heterocycles. The fourth-order valence-electron chi connectivity index (χ4n) is 2.21. The van der Waals surface area contributed by atoms with E-state index in [0.29, 0.717) is 24.4 Å². The molecule has 84 valence electrons. The van der Waals surface area contributed by atoms with Gasteiger partial charge in [-0.05, 0) is 19.9 Å². The number of aromatic nitrogens is 2. The molecule has 1 saturated carbocycles. The summed E-state index contributed by atoms with van der Waals surface area (Å²) in [6.45, 7) is 0.417. The van der Waals surface area contributed by atoms with Crippen molar-refractivity contribution in [3.8, 4) is 0 Å². The molecule has 1 fully saturated rings. The van der Waals surface area contributed by atoms with Gasteiger partial charge in [0.2, 0.25) is 5.89 Å². The molecule has 1 aromatic heterocycles. The Morgan fingerprint density at radius 1 is 1.53 bits per heavy atom. The van der Waals surface area contributed by atoms with E-state index < -0.39 is 0 Å². The van der Waals surface area contributed by atoms with Gasteiger partial charge in [0.15, 0.2) is 5.82 Å². The van der Waals surface area contributed by atoms with Crippen LogP contribution >= 0.6 is 0 Å². The van der Waals surface area contributed by atoms with Crippen molar-refractivity contribution in [2.75, 3.05) is 14.2 Å². The van der Waals surface area contributed by atoms with Crippen LogP contribution in [-0.4, -0.2) is 30.3 Å². The first-order valence-corrected chi connectivity index (χ1v) is 5.34.